The molecule has 4 aromatic rings. The minimum atomic E-state index is -0.558. The van der Waals surface area contributed by atoms with Gasteiger partial charge in [0.2, 0.25) is 5.91 Å². The Kier molecular flexibility index (Phi) is 4.39. The molecule has 0 atom stereocenters. The van der Waals surface area contributed by atoms with Gasteiger partial charge in [-0.3, -0.25) is 9.78 Å². The zero-order valence-electron chi connectivity index (χ0n) is 13.9. The molecule has 0 spiro atoms. The lowest BCUT2D eigenvalue weighted by Crippen LogP contribution is -2.29. The third-order valence-corrected chi connectivity index (χ3v) is 4.25. The van der Waals surface area contributed by atoms with Gasteiger partial charge in [-0.05, 0) is 46.8 Å². The van der Waals surface area contributed by atoms with E-state index in [0.717, 1.165) is 20.3 Å². The Morgan fingerprint density at radius 1 is 1.04 bits per heavy atom. The second-order valence-electron chi connectivity index (χ2n) is 5.71. The largest absolute Gasteiger partial charge is 0.369 e. The molecular weight excluding hydrogens is 368 g/mol. The standard InChI is InChI=1S/C18H13ClN6O2/c19-13-6-1-2-9-16(13)25-18(27)24(22-23-25)11-17(26)21-15-8-3-7-14-12(15)5-4-10-20-14/h1-10H,11H2,(H,21,26). The molecule has 27 heavy (non-hydrogen) atoms. The molecule has 134 valence electrons. The van der Waals surface area contributed by atoms with Crippen LogP contribution in [0.25, 0.3) is 16.6 Å². The van der Waals surface area contributed by atoms with Crippen LogP contribution in [0.2, 0.25) is 5.02 Å². The molecule has 2 heterocycles. The molecule has 0 aliphatic rings. The van der Waals surface area contributed by atoms with Crippen molar-refractivity contribution in [3.63, 3.8) is 0 Å². The lowest BCUT2D eigenvalue weighted by Gasteiger charge is -2.07. The summed E-state index contributed by atoms with van der Waals surface area (Å²) in [4.78, 5) is 29.1. The highest BCUT2D eigenvalue weighted by molar-refractivity contribution is 6.32. The minimum Gasteiger partial charge on any atom is -0.324 e. The van der Waals surface area contributed by atoms with Crippen molar-refractivity contribution >= 4 is 34.1 Å². The fourth-order valence-corrected chi connectivity index (χ4v) is 2.90. The summed E-state index contributed by atoms with van der Waals surface area (Å²) in [5.74, 6) is -0.403. The summed E-state index contributed by atoms with van der Waals surface area (Å²) in [6.45, 7) is -0.278. The van der Waals surface area contributed by atoms with E-state index in [0.29, 0.717) is 16.4 Å². The first-order valence-electron chi connectivity index (χ1n) is 8.05. The first-order valence-corrected chi connectivity index (χ1v) is 8.42. The van der Waals surface area contributed by atoms with Crippen LogP contribution in [0.5, 0.6) is 0 Å². The summed E-state index contributed by atoms with van der Waals surface area (Å²) in [6.07, 6.45) is 1.68. The van der Waals surface area contributed by atoms with Crippen LogP contribution in [0.1, 0.15) is 0 Å². The normalized spacial score (nSPS) is 10.9. The molecule has 2 aromatic carbocycles. The highest BCUT2D eigenvalue weighted by Crippen LogP contribution is 2.21. The zero-order valence-corrected chi connectivity index (χ0v) is 14.7. The van der Waals surface area contributed by atoms with Gasteiger partial charge in [0.15, 0.2) is 0 Å². The Bertz CT molecular complexity index is 1190. The van der Waals surface area contributed by atoms with E-state index in [1.54, 1.807) is 48.7 Å². The smallest absolute Gasteiger partial charge is 0.324 e. The number of nitrogens with one attached hydrogen (secondary N) is 1. The number of halogens is 1. The maximum atomic E-state index is 12.5. The number of para-hydroxylation sites is 1. The molecule has 0 bridgehead atoms. The molecule has 0 aliphatic carbocycles. The van der Waals surface area contributed by atoms with Crippen LogP contribution in [0.4, 0.5) is 5.69 Å². The maximum Gasteiger partial charge on any atom is 0.369 e. The molecule has 0 saturated heterocycles. The monoisotopic (exact) mass is 380 g/mol. The molecule has 0 saturated carbocycles. The molecular formula is C18H13ClN6O2. The second kappa shape index (κ2) is 7.00. The highest BCUT2D eigenvalue weighted by atomic mass is 35.5. The SMILES string of the molecule is O=C(Cn1nnn(-c2ccccc2Cl)c1=O)Nc1cccc2ncccc12. The number of pyridine rings is 1. The Hall–Kier alpha value is -3.52. The van der Waals surface area contributed by atoms with E-state index in [9.17, 15) is 9.59 Å². The van der Waals surface area contributed by atoms with Crippen LogP contribution in [0.15, 0.2) is 65.6 Å². The predicted molar refractivity (Wildman–Crippen MR) is 101 cm³/mol. The van der Waals surface area contributed by atoms with E-state index in [-0.39, 0.29) is 6.54 Å². The van der Waals surface area contributed by atoms with Gasteiger partial charge < -0.3 is 5.32 Å². The number of fused-ring (bicyclic) bond motifs is 1. The van der Waals surface area contributed by atoms with Crippen LogP contribution in [-0.2, 0) is 11.3 Å². The molecule has 0 unspecified atom stereocenters. The van der Waals surface area contributed by atoms with Crippen LogP contribution >= 0.6 is 11.6 Å². The highest BCUT2D eigenvalue weighted by Gasteiger charge is 2.14. The molecule has 0 aliphatic heterocycles. The quantitative estimate of drug-likeness (QED) is 0.586. The predicted octanol–water partition coefficient (Wildman–Crippen LogP) is 2.27. The molecule has 2 aromatic heterocycles. The van der Waals surface area contributed by atoms with Gasteiger partial charge in [0.05, 0.1) is 21.9 Å². The number of nitrogens with zero attached hydrogens (tertiary/aromatic N) is 5. The van der Waals surface area contributed by atoms with E-state index in [4.69, 9.17) is 11.6 Å². The zero-order chi connectivity index (χ0) is 18.8. The first kappa shape index (κ1) is 16.9. The van der Waals surface area contributed by atoms with Gasteiger partial charge in [0, 0.05) is 11.6 Å². The molecule has 0 fully saturated rings. The molecule has 1 amide bonds. The lowest BCUT2D eigenvalue weighted by atomic mass is 10.2. The fraction of sp³-hybridized carbons (Fsp3) is 0.0556. The average Bonchev–Trinajstić information content (AvgIpc) is 3.03. The Morgan fingerprint density at radius 3 is 2.74 bits per heavy atom. The van der Waals surface area contributed by atoms with Gasteiger partial charge in [0.25, 0.3) is 0 Å². The summed E-state index contributed by atoms with van der Waals surface area (Å²) in [6, 6.07) is 15.8. The van der Waals surface area contributed by atoms with Crippen LogP contribution in [0, 0.1) is 0 Å². The van der Waals surface area contributed by atoms with E-state index in [1.807, 2.05) is 12.1 Å². The van der Waals surface area contributed by atoms with E-state index in [1.165, 1.54) is 0 Å². The van der Waals surface area contributed by atoms with Gasteiger partial charge >= 0.3 is 5.69 Å². The van der Waals surface area contributed by atoms with E-state index in [2.05, 4.69) is 20.7 Å². The molecule has 4 rings (SSSR count). The maximum absolute atomic E-state index is 12.5. The van der Waals surface area contributed by atoms with Crippen molar-refractivity contribution in [3.8, 4) is 5.69 Å². The third-order valence-electron chi connectivity index (χ3n) is 3.93. The summed E-state index contributed by atoms with van der Waals surface area (Å²) in [5, 5.41) is 11.5. The fourth-order valence-electron chi connectivity index (χ4n) is 2.69. The number of benzene rings is 2. The van der Waals surface area contributed by atoms with Gasteiger partial charge in [-0.1, -0.05) is 29.8 Å². The summed E-state index contributed by atoms with van der Waals surface area (Å²) < 4.78 is 2.03. The van der Waals surface area contributed by atoms with Crippen LogP contribution < -0.4 is 11.0 Å². The van der Waals surface area contributed by atoms with E-state index >= 15 is 0 Å². The number of anilines is 1. The number of tetrazole rings is 1. The van der Waals surface area contributed by atoms with Crippen LogP contribution in [-0.4, -0.2) is 30.7 Å². The summed E-state index contributed by atoms with van der Waals surface area (Å²) >= 11 is 6.09. The topological polar surface area (TPSA) is 94.7 Å². The van der Waals surface area contributed by atoms with Crippen LogP contribution in [0.3, 0.4) is 0 Å². The molecule has 9 heteroatoms. The number of amides is 1. The minimum absolute atomic E-state index is 0.278. The number of hydrogen-bond acceptors (Lipinski definition) is 5. The number of carbonyl (C=O) groups excluding carboxylic acids is 1. The van der Waals surface area contributed by atoms with Crippen molar-refractivity contribution in [2.24, 2.45) is 0 Å². The van der Waals surface area contributed by atoms with Crippen molar-refractivity contribution in [1.29, 1.82) is 0 Å². The summed E-state index contributed by atoms with van der Waals surface area (Å²) in [7, 11) is 0. The van der Waals surface area contributed by atoms with Crippen molar-refractivity contribution < 1.29 is 4.79 Å². The second-order valence-corrected chi connectivity index (χ2v) is 6.11. The Balaban J connectivity index is 1.57. The van der Waals surface area contributed by atoms with Gasteiger partial charge in [-0.25, -0.2) is 4.79 Å². The van der Waals surface area contributed by atoms with Gasteiger partial charge in [-0.15, -0.1) is 0 Å². The number of aromatic nitrogens is 5. The third kappa shape index (κ3) is 3.30. The van der Waals surface area contributed by atoms with Crippen molar-refractivity contribution in [2.75, 3.05) is 5.32 Å². The van der Waals surface area contributed by atoms with Crippen molar-refractivity contribution in [2.45, 2.75) is 6.54 Å². The molecule has 1 N–H and O–H groups in total. The number of carbonyl (C=O) groups is 1. The number of hydrogen-bond donors (Lipinski definition) is 1. The average molecular weight is 381 g/mol. The number of rotatable bonds is 4. The summed E-state index contributed by atoms with van der Waals surface area (Å²) in [5.41, 5.74) is 1.21. The van der Waals surface area contributed by atoms with Crippen molar-refractivity contribution in [3.05, 3.63) is 76.3 Å². The Morgan fingerprint density at radius 2 is 1.89 bits per heavy atom. The van der Waals surface area contributed by atoms with Gasteiger partial charge in [0.1, 0.15) is 6.54 Å². The molecule has 8 nitrogen and oxygen atoms in total. The lowest BCUT2D eigenvalue weighted by molar-refractivity contribution is -0.117. The first-order chi connectivity index (χ1) is 13.1. The molecule has 0 radical (unpaired) electrons. The Labute approximate surface area is 158 Å². The van der Waals surface area contributed by atoms with E-state index < -0.39 is 11.6 Å². The van der Waals surface area contributed by atoms with Crippen molar-refractivity contribution in [1.82, 2.24) is 24.8 Å². The van der Waals surface area contributed by atoms with Gasteiger partial charge in [-0.2, -0.15) is 9.36 Å².